The lowest BCUT2D eigenvalue weighted by molar-refractivity contribution is 0.0901. The normalized spacial score (nSPS) is 11.9. The predicted molar refractivity (Wildman–Crippen MR) is 127 cm³/mol. The molecule has 1 atom stereocenters. The fourth-order valence-electron chi connectivity index (χ4n) is 3.24. The zero-order valence-corrected chi connectivity index (χ0v) is 19.3. The lowest BCUT2D eigenvalue weighted by Gasteiger charge is -2.06. The lowest BCUT2D eigenvalue weighted by Crippen LogP contribution is -2.22. The van der Waals surface area contributed by atoms with Gasteiger partial charge >= 0.3 is 0 Å². The number of hydrogen-bond donors (Lipinski definition) is 1. The Balaban J connectivity index is 0.00000341. The smallest absolute Gasteiger partial charge is 0.232 e. The number of carbonyl (C=O) groups excluding carboxylic acids is 1. The number of nitrogens with zero attached hydrogens (tertiary/aromatic N) is 3. The number of nitriles is 2. The number of hydrogen-bond acceptors (Lipinski definition) is 5. The van der Waals surface area contributed by atoms with Crippen molar-refractivity contribution in [1.29, 1.82) is 10.5 Å². The molecule has 3 rings (SSSR count). The SMILES string of the molecule is COc1ccc(C#N)cc1C=C(C#N)c1cn(C(=O)C[C@H](C)N)c2ccc(Br)cc12.Cl. The van der Waals surface area contributed by atoms with Crippen LogP contribution in [0.25, 0.3) is 22.6 Å². The van der Waals surface area contributed by atoms with Gasteiger partial charge in [-0.2, -0.15) is 10.5 Å². The molecule has 0 amide bonds. The van der Waals surface area contributed by atoms with Gasteiger partial charge in [-0.3, -0.25) is 9.36 Å². The Bertz CT molecular complexity index is 1250. The average Bonchev–Trinajstić information content (AvgIpc) is 3.09. The Morgan fingerprint density at radius 1 is 1.29 bits per heavy atom. The molecular weight excluding hydrogens is 480 g/mol. The lowest BCUT2D eigenvalue weighted by atomic mass is 10.0. The van der Waals surface area contributed by atoms with Crippen LogP contribution in [0.2, 0.25) is 0 Å². The van der Waals surface area contributed by atoms with Crippen molar-refractivity contribution in [3.63, 3.8) is 0 Å². The van der Waals surface area contributed by atoms with Crippen LogP contribution in [0, 0.1) is 22.7 Å². The first-order valence-corrected chi connectivity index (χ1v) is 9.97. The zero-order valence-electron chi connectivity index (χ0n) is 16.9. The maximum absolute atomic E-state index is 12.7. The van der Waals surface area contributed by atoms with Gasteiger partial charge in [0.2, 0.25) is 5.91 Å². The summed E-state index contributed by atoms with van der Waals surface area (Å²) in [6.07, 6.45) is 3.51. The number of benzene rings is 2. The van der Waals surface area contributed by atoms with Crippen molar-refractivity contribution in [2.45, 2.75) is 19.4 Å². The number of nitrogens with two attached hydrogens (primary N) is 1. The Labute approximate surface area is 195 Å². The first-order valence-electron chi connectivity index (χ1n) is 9.17. The van der Waals surface area contributed by atoms with Gasteiger partial charge < -0.3 is 10.5 Å². The van der Waals surface area contributed by atoms with Gasteiger partial charge in [0.25, 0.3) is 0 Å². The van der Waals surface area contributed by atoms with Crippen LogP contribution >= 0.6 is 28.3 Å². The average molecular weight is 500 g/mol. The summed E-state index contributed by atoms with van der Waals surface area (Å²) in [6.45, 7) is 1.77. The summed E-state index contributed by atoms with van der Waals surface area (Å²) in [5.74, 6) is 0.393. The second-order valence-corrected chi connectivity index (χ2v) is 7.80. The van der Waals surface area contributed by atoms with Crippen LogP contribution in [0.4, 0.5) is 0 Å². The zero-order chi connectivity index (χ0) is 21.8. The van der Waals surface area contributed by atoms with Crippen LogP contribution in [-0.2, 0) is 0 Å². The maximum atomic E-state index is 12.7. The summed E-state index contributed by atoms with van der Waals surface area (Å²) in [6, 6.07) is 14.6. The van der Waals surface area contributed by atoms with Crippen molar-refractivity contribution >= 4 is 56.8 Å². The summed E-state index contributed by atoms with van der Waals surface area (Å²) in [4.78, 5) is 12.7. The fraction of sp³-hybridized carbons (Fsp3) is 0.174. The highest BCUT2D eigenvalue weighted by Gasteiger charge is 2.18. The molecule has 0 saturated heterocycles. The molecule has 1 aromatic heterocycles. The molecule has 8 heteroatoms. The van der Waals surface area contributed by atoms with Crippen LogP contribution < -0.4 is 10.5 Å². The number of halogens is 2. The van der Waals surface area contributed by atoms with E-state index < -0.39 is 0 Å². The monoisotopic (exact) mass is 498 g/mol. The van der Waals surface area contributed by atoms with E-state index in [1.807, 2.05) is 18.2 Å². The molecule has 0 aliphatic heterocycles. The van der Waals surface area contributed by atoms with Gasteiger partial charge in [-0.25, -0.2) is 0 Å². The molecule has 6 nitrogen and oxygen atoms in total. The van der Waals surface area contributed by atoms with Crippen molar-refractivity contribution < 1.29 is 9.53 Å². The minimum Gasteiger partial charge on any atom is -0.496 e. The Morgan fingerprint density at radius 2 is 2.03 bits per heavy atom. The quantitative estimate of drug-likeness (QED) is 0.489. The van der Waals surface area contributed by atoms with Crippen molar-refractivity contribution in [3.8, 4) is 17.9 Å². The van der Waals surface area contributed by atoms with E-state index in [0.29, 0.717) is 33.5 Å². The summed E-state index contributed by atoms with van der Waals surface area (Å²) in [5.41, 5.74) is 8.51. The third-order valence-corrected chi connectivity index (χ3v) is 5.09. The molecule has 0 radical (unpaired) electrons. The summed E-state index contributed by atoms with van der Waals surface area (Å²) < 4.78 is 7.74. The number of methoxy groups -OCH3 is 1. The molecule has 3 aromatic rings. The highest BCUT2D eigenvalue weighted by Crippen LogP contribution is 2.32. The number of rotatable bonds is 5. The first kappa shape index (κ1) is 24.2. The van der Waals surface area contributed by atoms with E-state index in [9.17, 15) is 15.3 Å². The van der Waals surface area contributed by atoms with E-state index >= 15 is 0 Å². The molecule has 0 aliphatic carbocycles. The summed E-state index contributed by atoms with van der Waals surface area (Å²) >= 11 is 3.46. The molecule has 2 N–H and O–H groups in total. The van der Waals surface area contributed by atoms with E-state index in [2.05, 4.69) is 28.1 Å². The van der Waals surface area contributed by atoms with E-state index in [0.717, 1.165) is 9.86 Å². The van der Waals surface area contributed by atoms with Gasteiger partial charge in [-0.1, -0.05) is 15.9 Å². The van der Waals surface area contributed by atoms with Crippen molar-refractivity contribution in [1.82, 2.24) is 4.57 Å². The predicted octanol–water partition coefficient (Wildman–Crippen LogP) is 5.15. The fourth-order valence-corrected chi connectivity index (χ4v) is 3.60. The molecule has 158 valence electrons. The van der Waals surface area contributed by atoms with Crippen LogP contribution in [0.1, 0.15) is 34.8 Å². The van der Waals surface area contributed by atoms with E-state index in [1.165, 1.54) is 11.7 Å². The van der Waals surface area contributed by atoms with Crippen LogP contribution in [-0.4, -0.2) is 23.6 Å². The molecule has 0 aliphatic rings. The van der Waals surface area contributed by atoms with Crippen LogP contribution in [0.3, 0.4) is 0 Å². The van der Waals surface area contributed by atoms with Crippen molar-refractivity contribution in [3.05, 3.63) is 63.8 Å². The standard InChI is InChI=1S/C23H19BrN4O2.ClH/c1-14(27)7-23(29)28-13-20(19-10-18(24)4-5-21(19)28)17(12-26)9-16-8-15(11-25)3-6-22(16)30-2;/h3-6,8-10,13-14H,7,27H2,1-2H3;1H/t14-;/m0./s1. The van der Waals surface area contributed by atoms with Gasteiger partial charge in [0, 0.05) is 39.6 Å². The van der Waals surface area contributed by atoms with E-state index in [4.69, 9.17) is 10.5 Å². The minimum atomic E-state index is -0.280. The number of carbonyl (C=O) groups is 1. The van der Waals surface area contributed by atoms with Gasteiger partial charge in [-0.05, 0) is 49.4 Å². The third-order valence-electron chi connectivity index (χ3n) is 4.60. The Kier molecular flexibility index (Phi) is 8.01. The third kappa shape index (κ3) is 5.15. The van der Waals surface area contributed by atoms with Gasteiger partial charge in [0.15, 0.2) is 0 Å². The summed E-state index contributed by atoms with van der Waals surface area (Å²) in [7, 11) is 1.53. The van der Waals surface area contributed by atoms with Crippen molar-refractivity contribution in [2.75, 3.05) is 7.11 Å². The van der Waals surface area contributed by atoms with E-state index in [-0.39, 0.29) is 30.8 Å². The number of allylic oxidation sites excluding steroid dienone is 1. The van der Waals surface area contributed by atoms with Gasteiger partial charge in [0.1, 0.15) is 5.75 Å². The number of ether oxygens (including phenoxy) is 1. The summed E-state index contributed by atoms with van der Waals surface area (Å²) in [5, 5.41) is 19.9. The Morgan fingerprint density at radius 3 is 2.65 bits per heavy atom. The van der Waals surface area contributed by atoms with E-state index in [1.54, 1.807) is 37.4 Å². The molecule has 0 spiro atoms. The largest absolute Gasteiger partial charge is 0.496 e. The molecule has 0 bridgehead atoms. The molecule has 31 heavy (non-hydrogen) atoms. The molecule has 1 heterocycles. The molecule has 0 unspecified atom stereocenters. The molecule has 2 aromatic carbocycles. The molecular formula is C23H20BrClN4O2. The second kappa shape index (κ2) is 10.3. The number of aromatic nitrogens is 1. The van der Waals surface area contributed by atoms with Crippen LogP contribution in [0.5, 0.6) is 5.75 Å². The maximum Gasteiger partial charge on any atom is 0.232 e. The molecule has 0 saturated carbocycles. The topological polar surface area (TPSA) is 105 Å². The molecule has 0 fully saturated rings. The first-order chi connectivity index (χ1) is 14.4. The second-order valence-electron chi connectivity index (χ2n) is 6.89. The van der Waals surface area contributed by atoms with Crippen LogP contribution in [0.15, 0.2) is 47.1 Å². The highest BCUT2D eigenvalue weighted by atomic mass is 79.9. The Hall–Kier alpha value is -3.10. The number of fused-ring (bicyclic) bond motifs is 1. The van der Waals surface area contributed by atoms with Gasteiger partial charge in [0.05, 0.1) is 35.9 Å². The van der Waals surface area contributed by atoms with Gasteiger partial charge in [-0.15, -0.1) is 12.4 Å². The van der Waals surface area contributed by atoms with Crippen molar-refractivity contribution in [2.24, 2.45) is 5.73 Å². The minimum absolute atomic E-state index is 0. The highest BCUT2D eigenvalue weighted by molar-refractivity contribution is 9.10.